The molecule has 2 amide bonds. The topological polar surface area (TPSA) is 140 Å². The normalized spacial score (nSPS) is 19.8. The predicted octanol–water partition coefficient (Wildman–Crippen LogP) is 4.59. The fraction of sp³-hybridized carbons (Fsp3) is 0.148. The first-order valence-electron chi connectivity index (χ1n) is 11.6. The van der Waals surface area contributed by atoms with E-state index in [1.54, 1.807) is 37.3 Å². The summed E-state index contributed by atoms with van der Waals surface area (Å²) >= 11 is 0. The number of hydrogen-bond acceptors (Lipinski definition) is 6. The number of non-ortho nitro benzene ring substituents is 1. The van der Waals surface area contributed by atoms with E-state index in [1.165, 1.54) is 30.3 Å². The van der Waals surface area contributed by atoms with Crippen molar-refractivity contribution < 1.29 is 27.7 Å². The number of hydrogen-bond donors (Lipinski definition) is 3. The highest BCUT2D eigenvalue weighted by Crippen LogP contribution is 2.36. The smallest absolute Gasteiger partial charge is 0.402 e. The monoisotopic (exact) mass is 537 g/mol. The predicted molar refractivity (Wildman–Crippen MR) is 137 cm³/mol. The van der Waals surface area contributed by atoms with Gasteiger partial charge in [-0.05, 0) is 42.8 Å². The van der Waals surface area contributed by atoms with Crippen molar-refractivity contribution in [3.05, 3.63) is 117 Å². The molecule has 4 rings (SSSR count). The Morgan fingerprint density at radius 3 is 2.38 bits per heavy atom. The Morgan fingerprint density at radius 2 is 1.74 bits per heavy atom. The van der Waals surface area contributed by atoms with Gasteiger partial charge in [-0.25, -0.2) is 4.99 Å². The van der Waals surface area contributed by atoms with Crippen LogP contribution in [0.2, 0.25) is 0 Å². The van der Waals surface area contributed by atoms with Crippen LogP contribution in [0.5, 0.6) is 0 Å². The fourth-order valence-electron chi connectivity index (χ4n) is 4.28. The zero-order valence-electron chi connectivity index (χ0n) is 20.4. The second-order valence-corrected chi connectivity index (χ2v) is 8.74. The first kappa shape index (κ1) is 27.0. The number of benzene rings is 3. The van der Waals surface area contributed by atoms with Crippen LogP contribution in [0, 0.1) is 10.1 Å². The Kier molecular flexibility index (Phi) is 7.47. The molecule has 0 aliphatic carbocycles. The van der Waals surface area contributed by atoms with Crippen molar-refractivity contribution in [3.8, 4) is 0 Å². The van der Waals surface area contributed by atoms with Gasteiger partial charge in [0.05, 0.1) is 16.2 Å². The highest BCUT2D eigenvalue weighted by Gasteiger charge is 2.42. The molecule has 39 heavy (non-hydrogen) atoms. The Balaban J connectivity index is 1.82. The molecule has 1 aliphatic rings. The van der Waals surface area contributed by atoms with Crippen LogP contribution in [0.1, 0.15) is 34.3 Å². The van der Waals surface area contributed by atoms with Gasteiger partial charge in [0.1, 0.15) is 11.9 Å². The van der Waals surface area contributed by atoms with E-state index in [4.69, 9.17) is 5.73 Å². The van der Waals surface area contributed by atoms with Crippen molar-refractivity contribution in [1.82, 2.24) is 10.6 Å². The van der Waals surface area contributed by atoms with Gasteiger partial charge in [0.25, 0.3) is 11.6 Å². The molecule has 1 saturated heterocycles. The van der Waals surface area contributed by atoms with Gasteiger partial charge in [-0.3, -0.25) is 19.7 Å². The lowest BCUT2D eigenvalue weighted by Gasteiger charge is -2.35. The summed E-state index contributed by atoms with van der Waals surface area (Å²) in [6, 6.07) is 16.4. The Hall–Kier alpha value is -5.00. The summed E-state index contributed by atoms with van der Waals surface area (Å²) in [5.41, 5.74) is 5.85. The number of nitrogens with one attached hydrogen (secondary N) is 2. The SMILES string of the molecule is C/C(N)=C1/C(=Nc2ccccc2)NC(=O)C(NC(=O)c2cccc(C(F)(F)F)c2)C1c1cccc([N+](=O)[O-])c1. The molecule has 9 nitrogen and oxygen atoms in total. The molecule has 1 aliphatic heterocycles. The lowest BCUT2D eigenvalue weighted by molar-refractivity contribution is -0.384. The largest absolute Gasteiger partial charge is 0.416 e. The zero-order valence-corrected chi connectivity index (χ0v) is 20.4. The summed E-state index contributed by atoms with van der Waals surface area (Å²) in [5, 5.41) is 16.6. The van der Waals surface area contributed by atoms with Crippen LogP contribution in [0.15, 0.2) is 95.1 Å². The maximum absolute atomic E-state index is 13.4. The molecule has 2 unspecified atom stereocenters. The molecule has 4 N–H and O–H groups in total. The van der Waals surface area contributed by atoms with Crippen molar-refractivity contribution in [2.75, 3.05) is 0 Å². The van der Waals surface area contributed by atoms with Crippen molar-refractivity contribution in [1.29, 1.82) is 0 Å². The van der Waals surface area contributed by atoms with E-state index < -0.39 is 40.4 Å². The molecule has 200 valence electrons. The summed E-state index contributed by atoms with van der Waals surface area (Å²) in [5.74, 6) is -2.66. The number of carbonyl (C=O) groups excluding carboxylic acids is 2. The third-order valence-corrected chi connectivity index (χ3v) is 6.02. The number of para-hydroxylation sites is 1. The summed E-state index contributed by atoms with van der Waals surface area (Å²) in [6.07, 6.45) is -4.68. The number of amidine groups is 1. The number of nitrogens with two attached hydrogens (primary N) is 1. The summed E-state index contributed by atoms with van der Waals surface area (Å²) in [4.78, 5) is 41.8. The van der Waals surface area contributed by atoms with Crippen molar-refractivity contribution >= 4 is 29.0 Å². The zero-order chi connectivity index (χ0) is 28.3. The number of nitro groups is 1. The molecule has 0 saturated carbocycles. The van der Waals surface area contributed by atoms with E-state index in [-0.39, 0.29) is 33.9 Å². The summed E-state index contributed by atoms with van der Waals surface area (Å²) < 4.78 is 39.6. The number of nitro benzene ring substituents is 1. The van der Waals surface area contributed by atoms with Gasteiger partial charge in [0.15, 0.2) is 0 Å². The molecule has 1 fully saturated rings. The third kappa shape index (κ3) is 5.95. The van der Waals surface area contributed by atoms with E-state index in [9.17, 15) is 32.9 Å². The maximum Gasteiger partial charge on any atom is 0.416 e. The van der Waals surface area contributed by atoms with Crippen LogP contribution in [0.25, 0.3) is 0 Å². The van der Waals surface area contributed by atoms with Crippen molar-refractivity contribution in [3.63, 3.8) is 0 Å². The molecule has 12 heteroatoms. The van der Waals surface area contributed by atoms with E-state index in [0.717, 1.165) is 12.1 Å². The second kappa shape index (κ2) is 10.8. The molecule has 0 bridgehead atoms. The van der Waals surface area contributed by atoms with Gasteiger partial charge in [-0.1, -0.05) is 36.4 Å². The Morgan fingerprint density at radius 1 is 1.05 bits per heavy atom. The van der Waals surface area contributed by atoms with Crippen LogP contribution in [-0.4, -0.2) is 28.6 Å². The second-order valence-electron chi connectivity index (χ2n) is 8.74. The number of rotatable bonds is 5. The highest BCUT2D eigenvalue weighted by molar-refractivity contribution is 6.15. The molecule has 3 aromatic rings. The first-order chi connectivity index (χ1) is 18.5. The van der Waals surface area contributed by atoms with Gasteiger partial charge < -0.3 is 16.4 Å². The molecule has 0 spiro atoms. The van der Waals surface area contributed by atoms with Crippen molar-refractivity contribution in [2.45, 2.75) is 25.1 Å². The van der Waals surface area contributed by atoms with Gasteiger partial charge in [0.2, 0.25) is 5.91 Å². The number of halogens is 3. The van der Waals surface area contributed by atoms with Crippen LogP contribution in [-0.2, 0) is 11.0 Å². The highest BCUT2D eigenvalue weighted by atomic mass is 19.4. The lowest BCUT2D eigenvalue weighted by Crippen LogP contribution is -2.57. The number of aliphatic imine (C=N–C) groups is 1. The summed E-state index contributed by atoms with van der Waals surface area (Å²) in [6.45, 7) is 1.55. The minimum atomic E-state index is -4.68. The quantitative estimate of drug-likeness (QED) is 0.323. The molecular formula is C27H22F3N5O4. The number of carbonyl (C=O) groups is 2. The van der Waals surface area contributed by atoms with Gasteiger partial charge >= 0.3 is 6.18 Å². The van der Waals surface area contributed by atoms with Crippen LogP contribution in [0.4, 0.5) is 24.5 Å². The third-order valence-electron chi connectivity index (χ3n) is 6.02. The van der Waals surface area contributed by atoms with Crippen LogP contribution in [0.3, 0.4) is 0 Å². The maximum atomic E-state index is 13.4. The number of amides is 2. The summed E-state index contributed by atoms with van der Waals surface area (Å²) in [7, 11) is 0. The van der Waals surface area contributed by atoms with Crippen molar-refractivity contribution in [2.24, 2.45) is 10.7 Å². The van der Waals surface area contributed by atoms with Gasteiger partial charge in [-0.2, -0.15) is 13.2 Å². The number of alkyl halides is 3. The van der Waals surface area contributed by atoms with E-state index in [0.29, 0.717) is 11.8 Å². The molecule has 3 aromatic carbocycles. The standard InChI is InChI=1S/C27H22F3N5O4/c1-15(31)21-22(16-7-6-12-20(14-16)35(38)39)23(26(37)34-24(21)32-19-10-3-2-4-11-19)33-25(36)17-8-5-9-18(13-17)27(28,29)30/h2-14,22-23H,31H2,1H3,(H,33,36)(H,32,34,37)/b21-15-. The van der Waals surface area contributed by atoms with Gasteiger partial charge in [-0.15, -0.1) is 0 Å². The van der Waals surface area contributed by atoms with E-state index >= 15 is 0 Å². The average Bonchev–Trinajstić information content (AvgIpc) is 2.89. The molecule has 0 aromatic heterocycles. The Bertz CT molecular complexity index is 1500. The van der Waals surface area contributed by atoms with E-state index in [2.05, 4.69) is 15.6 Å². The number of nitrogens with zero attached hydrogens (tertiary/aromatic N) is 2. The molecular weight excluding hydrogens is 515 g/mol. The minimum absolute atomic E-state index is 0.0762. The molecule has 0 radical (unpaired) electrons. The number of allylic oxidation sites excluding steroid dienone is 1. The lowest BCUT2D eigenvalue weighted by atomic mass is 9.79. The van der Waals surface area contributed by atoms with Crippen LogP contribution >= 0.6 is 0 Å². The molecule has 1 heterocycles. The minimum Gasteiger partial charge on any atom is -0.402 e. The fourth-order valence-corrected chi connectivity index (χ4v) is 4.28. The van der Waals surface area contributed by atoms with E-state index in [1.807, 2.05) is 0 Å². The average molecular weight is 537 g/mol. The number of piperidine rings is 1. The van der Waals surface area contributed by atoms with Crippen LogP contribution < -0.4 is 16.4 Å². The first-order valence-corrected chi connectivity index (χ1v) is 11.6. The molecule has 2 atom stereocenters. The Labute approximate surface area is 220 Å². The van der Waals surface area contributed by atoms with Gasteiger partial charge in [0, 0.05) is 34.9 Å².